The molecule has 2 rings (SSSR count). The molecule has 1 aromatic heterocycles. The summed E-state index contributed by atoms with van der Waals surface area (Å²) in [5, 5.41) is 4.10. The molecule has 0 aliphatic rings. The minimum Gasteiger partial charge on any atom is -0.320 e. The second-order valence-corrected chi connectivity index (χ2v) is 5.01. The van der Waals surface area contributed by atoms with Gasteiger partial charge < -0.3 is 5.73 Å². The van der Waals surface area contributed by atoms with Crippen LogP contribution in [0.3, 0.4) is 0 Å². The van der Waals surface area contributed by atoms with Gasteiger partial charge in [-0.25, -0.2) is 4.68 Å². The van der Waals surface area contributed by atoms with E-state index in [9.17, 15) is 4.79 Å². The van der Waals surface area contributed by atoms with Crippen LogP contribution in [0.2, 0.25) is 0 Å². The quantitative estimate of drug-likeness (QED) is 0.891. The Hall–Kier alpha value is -1.94. The third-order valence-electron chi connectivity index (χ3n) is 3.31. The largest absolute Gasteiger partial charge is 0.320 e. The molecular formula is C15H19N3O. The van der Waals surface area contributed by atoms with E-state index >= 15 is 0 Å². The first-order valence-corrected chi connectivity index (χ1v) is 6.27. The van der Waals surface area contributed by atoms with Crippen molar-refractivity contribution < 1.29 is 0 Å². The Morgan fingerprint density at radius 3 is 2.47 bits per heavy atom. The molecule has 0 fully saturated rings. The molecule has 0 bridgehead atoms. The molecule has 19 heavy (non-hydrogen) atoms. The van der Waals surface area contributed by atoms with Crippen LogP contribution in [0.25, 0.3) is 0 Å². The number of hydrogen-bond donors (Lipinski definition) is 1. The van der Waals surface area contributed by atoms with E-state index in [1.54, 1.807) is 13.1 Å². The van der Waals surface area contributed by atoms with E-state index < -0.39 is 6.04 Å². The number of aryl methyl sites for hydroxylation is 4. The van der Waals surface area contributed by atoms with Crippen LogP contribution in [0.5, 0.6) is 0 Å². The standard InChI is InChI=1S/C15H19N3O/c1-9-5-6-12(10(2)7-9)14(16)13-8-11(3)17-18(4)15(13)19/h5-8,14H,16H2,1-4H3. The summed E-state index contributed by atoms with van der Waals surface area (Å²) in [4.78, 5) is 12.1. The predicted molar refractivity (Wildman–Crippen MR) is 76.2 cm³/mol. The topological polar surface area (TPSA) is 60.9 Å². The molecule has 2 aromatic rings. The second-order valence-electron chi connectivity index (χ2n) is 5.01. The number of nitrogens with zero attached hydrogens (tertiary/aromatic N) is 2. The zero-order valence-corrected chi connectivity index (χ0v) is 11.8. The van der Waals surface area contributed by atoms with Gasteiger partial charge in [-0.2, -0.15) is 5.10 Å². The molecule has 1 aromatic carbocycles. The Kier molecular flexibility index (Phi) is 3.53. The number of nitrogens with two attached hydrogens (primary N) is 1. The van der Waals surface area contributed by atoms with Crippen molar-refractivity contribution >= 4 is 0 Å². The van der Waals surface area contributed by atoms with Gasteiger partial charge >= 0.3 is 0 Å². The van der Waals surface area contributed by atoms with Gasteiger partial charge in [0.15, 0.2) is 0 Å². The van der Waals surface area contributed by atoms with Crippen LogP contribution >= 0.6 is 0 Å². The summed E-state index contributed by atoms with van der Waals surface area (Å²) in [7, 11) is 1.65. The van der Waals surface area contributed by atoms with Crippen LogP contribution in [0, 0.1) is 20.8 Å². The van der Waals surface area contributed by atoms with E-state index in [4.69, 9.17) is 5.73 Å². The Labute approximate surface area is 112 Å². The molecule has 1 atom stereocenters. The SMILES string of the molecule is Cc1ccc(C(N)c2cc(C)nn(C)c2=O)c(C)c1. The average Bonchev–Trinajstić information content (AvgIpc) is 2.33. The molecule has 100 valence electrons. The van der Waals surface area contributed by atoms with Gasteiger partial charge in [-0.3, -0.25) is 4.79 Å². The van der Waals surface area contributed by atoms with Crippen LogP contribution in [-0.4, -0.2) is 9.78 Å². The molecule has 0 spiro atoms. The van der Waals surface area contributed by atoms with Crippen LogP contribution in [0.1, 0.15) is 34.0 Å². The van der Waals surface area contributed by atoms with Gasteiger partial charge in [-0.15, -0.1) is 0 Å². The molecule has 0 aliphatic carbocycles. The molecule has 0 amide bonds. The first-order valence-electron chi connectivity index (χ1n) is 6.27. The number of rotatable bonds is 2. The second kappa shape index (κ2) is 4.97. The van der Waals surface area contributed by atoms with E-state index in [1.165, 1.54) is 10.2 Å². The van der Waals surface area contributed by atoms with E-state index in [-0.39, 0.29) is 5.56 Å². The Morgan fingerprint density at radius 2 is 1.84 bits per heavy atom. The van der Waals surface area contributed by atoms with E-state index in [2.05, 4.69) is 11.2 Å². The van der Waals surface area contributed by atoms with Crippen LogP contribution < -0.4 is 11.3 Å². The maximum absolute atomic E-state index is 12.1. The molecule has 2 N–H and O–H groups in total. The van der Waals surface area contributed by atoms with Crippen molar-refractivity contribution in [1.82, 2.24) is 9.78 Å². The lowest BCUT2D eigenvalue weighted by Gasteiger charge is -2.16. The zero-order valence-electron chi connectivity index (χ0n) is 11.8. The molecule has 1 heterocycles. The molecule has 0 saturated carbocycles. The third kappa shape index (κ3) is 2.58. The lowest BCUT2D eigenvalue weighted by molar-refractivity contribution is 0.666. The molecular weight excluding hydrogens is 238 g/mol. The van der Waals surface area contributed by atoms with E-state index in [0.29, 0.717) is 5.56 Å². The van der Waals surface area contributed by atoms with Crippen molar-refractivity contribution in [3.8, 4) is 0 Å². The molecule has 0 saturated heterocycles. The fraction of sp³-hybridized carbons (Fsp3) is 0.333. The van der Waals surface area contributed by atoms with Crippen LogP contribution in [0.15, 0.2) is 29.1 Å². The minimum absolute atomic E-state index is 0.141. The molecule has 0 radical (unpaired) electrons. The molecule has 0 aliphatic heterocycles. The maximum Gasteiger partial charge on any atom is 0.271 e. The van der Waals surface area contributed by atoms with Crippen molar-refractivity contribution in [2.45, 2.75) is 26.8 Å². The van der Waals surface area contributed by atoms with Crippen molar-refractivity contribution in [1.29, 1.82) is 0 Å². The Bertz CT molecular complexity index is 674. The van der Waals surface area contributed by atoms with Crippen LogP contribution in [-0.2, 0) is 7.05 Å². The maximum atomic E-state index is 12.1. The number of benzene rings is 1. The minimum atomic E-state index is -0.416. The normalized spacial score (nSPS) is 12.5. The van der Waals surface area contributed by atoms with Gasteiger partial charge in [0.25, 0.3) is 5.56 Å². The summed E-state index contributed by atoms with van der Waals surface area (Å²) in [6.45, 7) is 5.91. The summed E-state index contributed by atoms with van der Waals surface area (Å²) in [6.07, 6.45) is 0. The Balaban J connectivity index is 2.56. The molecule has 4 nitrogen and oxygen atoms in total. The first-order chi connectivity index (χ1) is 8.90. The summed E-state index contributed by atoms with van der Waals surface area (Å²) in [5.41, 5.74) is 10.8. The van der Waals surface area contributed by atoms with Gasteiger partial charge in [0.05, 0.1) is 11.7 Å². The first kappa shape index (κ1) is 13.5. The molecule has 1 unspecified atom stereocenters. The van der Waals surface area contributed by atoms with Crippen molar-refractivity contribution in [2.24, 2.45) is 12.8 Å². The van der Waals surface area contributed by atoms with Gasteiger partial charge in [-0.1, -0.05) is 23.8 Å². The van der Waals surface area contributed by atoms with Crippen molar-refractivity contribution in [3.63, 3.8) is 0 Å². The summed E-state index contributed by atoms with van der Waals surface area (Å²) in [5.74, 6) is 0. The number of aromatic nitrogens is 2. The van der Waals surface area contributed by atoms with E-state index in [1.807, 2.05) is 32.9 Å². The molecule has 4 heteroatoms. The van der Waals surface area contributed by atoms with E-state index in [0.717, 1.165) is 16.8 Å². The smallest absolute Gasteiger partial charge is 0.271 e. The summed E-state index contributed by atoms with van der Waals surface area (Å²) >= 11 is 0. The highest BCUT2D eigenvalue weighted by Gasteiger charge is 2.16. The van der Waals surface area contributed by atoms with Gasteiger partial charge in [-0.05, 0) is 38.0 Å². The fourth-order valence-corrected chi connectivity index (χ4v) is 2.35. The van der Waals surface area contributed by atoms with Crippen LogP contribution in [0.4, 0.5) is 0 Å². The summed E-state index contributed by atoms with van der Waals surface area (Å²) in [6, 6.07) is 7.44. The predicted octanol–water partition coefficient (Wildman–Crippen LogP) is 1.75. The van der Waals surface area contributed by atoms with Gasteiger partial charge in [0, 0.05) is 12.6 Å². The van der Waals surface area contributed by atoms with Crippen molar-refractivity contribution in [2.75, 3.05) is 0 Å². The van der Waals surface area contributed by atoms with Gasteiger partial charge in [0.1, 0.15) is 0 Å². The summed E-state index contributed by atoms with van der Waals surface area (Å²) < 4.78 is 1.34. The highest BCUT2D eigenvalue weighted by atomic mass is 16.1. The lowest BCUT2D eigenvalue weighted by atomic mass is 9.95. The lowest BCUT2D eigenvalue weighted by Crippen LogP contribution is -2.29. The van der Waals surface area contributed by atoms with Crippen molar-refractivity contribution in [3.05, 3.63) is 62.6 Å². The number of hydrogen-bond acceptors (Lipinski definition) is 3. The van der Waals surface area contributed by atoms with Gasteiger partial charge in [0.2, 0.25) is 0 Å². The zero-order chi connectivity index (χ0) is 14.2. The highest BCUT2D eigenvalue weighted by molar-refractivity contribution is 5.38. The fourth-order valence-electron chi connectivity index (χ4n) is 2.35. The third-order valence-corrected chi connectivity index (χ3v) is 3.31. The monoisotopic (exact) mass is 257 g/mol. The Morgan fingerprint density at radius 1 is 1.16 bits per heavy atom. The highest BCUT2D eigenvalue weighted by Crippen LogP contribution is 2.21. The average molecular weight is 257 g/mol.